The number of rotatable bonds is 10. The Kier molecular flexibility index (Phi) is 10.2. The number of nitrogens with one attached hydrogen (secondary N) is 1. The van der Waals surface area contributed by atoms with E-state index in [1.54, 1.807) is 25.3 Å². The van der Waals surface area contributed by atoms with Gasteiger partial charge in [0.2, 0.25) is 0 Å². The smallest absolute Gasteiger partial charge is 0.266 e. The van der Waals surface area contributed by atoms with E-state index in [4.69, 9.17) is 14.2 Å². The predicted octanol–water partition coefficient (Wildman–Crippen LogP) is 8.54. The number of carbonyl (C=O) groups excluding carboxylic acids is 1. The average molecular weight is 676 g/mol. The molecule has 0 heterocycles. The number of hydrogen-bond donors (Lipinski definition) is 1. The van der Waals surface area contributed by atoms with Crippen LogP contribution in [0.15, 0.2) is 93.4 Å². The normalized spacial score (nSPS) is 11.0. The quantitative estimate of drug-likeness (QED) is 0.135. The van der Waals surface area contributed by atoms with E-state index in [0.717, 1.165) is 22.3 Å². The lowest BCUT2D eigenvalue weighted by atomic mass is 10.1. The van der Waals surface area contributed by atoms with E-state index in [9.17, 15) is 10.1 Å². The van der Waals surface area contributed by atoms with Crippen LogP contribution in [0.4, 0.5) is 5.69 Å². The second-order valence-corrected chi connectivity index (χ2v) is 10.9. The SMILES string of the molecule is COc1cc(COc2c(Br)cc(/C=C(/C#N)C(=O)Nc3cccc(C)c3C)cc2Br)ccc1OCc1ccccc1. The summed E-state index contributed by atoms with van der Waals surface area (Å²) in [5.74, 6) is 1.38. The highest BCUT2D eigenvalue weighted by Crippen LogP contribution is 2.37. The van der Waals surface area contributed by atoms with Gasteiger partial charge < -0.3 is 19.5 Å². The molecule has 0 unspecified atom stereocenters. The molecule has 0 aliphatic rings. The van der Waals surface area contributed by atoms with Gasteiger partial charge in [-0.3, -0.25) is 4.79 Å². The van der Waals surface area contributed by atoms with Crippen molar-refractivity contribution in [3.05, 3.63) is 121 Å². The molecule has 0 bridgehead atoms. The first-order valence-corrected chi connectivity index (χ1v) is 14.3. The van der Waals surface area contributed by atoms with Crippen LogP contribution < -0.4 is 19.5 Å². The summed E-state index contributed by atoms with van der Waals surface area (Å²) in [5, 5.41) is 12.5. The van der Waals surface area contributed by atoms with Gasteiger partial charge in [-0.25, -0.2) is 0 Å². The maximum Gasteiger partial charge on any atom is 0.266 e. The van der Waals surface area contributed by atoms with Crippen molar-refractivity contribution < 1.29 is 19.0 Å². The molecule has 6 nitrogen and oxygen atoms in total. The molecule has 0 saturated heterocycles. The van der Waals surface area contributed by atoms with Crippen molar-refractivity contribution in [3.63, 3.8) is 0 Å². The maximum atomic E-state index is 12.8. The highest BCUT2D eigenvalue weighted by atomic mass is 79.9. The summed E-state index contributed by atoms with van der Waals surface area (Å²) in [7, 11) is 1.60. The van der Waals surface area contributed by atoms with E-state index >= 15 is 0 Å². The van der Waals surface area contributed by atoms with Gasteiger partial charge in [0.1, 0.15) is 30.6 Å². The van der Waals surface area contributed by atoms with E-state index < -0.39 is 5.91 Å². The highest BCUT2D eigenvalue weighted by molar-refractivity contribution is 9.11. The molecular weight excluding hydrogens is 648 g/mol. The molecule has 8 heteroatoms. The topological polar surface area (TPSA) is 80.6 Å². The lowest BCUT2D eigenvalue weighted by Gasteiger charge is -2.14. The van der Waals surface area contributed by atoms with E-state index in [2.05, 4.69) is 37.2 Å². The van der Waals surface area contributed by atoms with E-state index in [-0.39, 0.29) is 12.2 Å². The van der Waals surface area contributed by atoms with Gasteiger partial charge in [-0.2, -0.15) is 5.26 Å². The third-order valence-electron chi connectivity index (χ3n) is 6.40. The Balaban J connectivity index is 1.44. The molecule has 208 valence electrons. The Bertz CT molecular complexity index is 1610. The van der Waals surface area contributed by atoms with Gasteiger partial charge in [0, 0.05) is 5.69 Å². The zero-order valence-electron chi connectivity index (χ0n) is 22.8. The number of benzene rings is 4. The van der Waals surface area contributed by atoms with Gasteiger partial charge in [0.25, 0.3) is 5.91 Å². The van der Waals surface area contributed by atoms with Crippen LogP contribution in [0.25, 0.3) is 6.08 Å². The summed E-state index contributed by atoms with van der Waals surface area (Å²) in [4.78, 5) is 12.8. The number of nitrogens with zero attached hydrogens (tertiary/aromatic N) is 1. The largest absolute Gasteiger partial charge is 0.493 e. The minimum Gasteiger partial charge on any atom is -0.493 e. The number of carbonyl (C=O) groups is 1. The van der Waals surface area contributed by atoms with Gasteiger partial charge in [0.15, 0.2) is 11.5 Å². The molecule has 4 rings (SSSR count). The van der Waals surface area contributed by atoms with Crippen molar-refractivity contribution in [2.24, 2.45) is 0 Å². The zero-order valence-corrected chi connectivity index (χ0v) is 26.0. The number of aryl methyl sites for hydroxylation is 1. The van der Waals surface area contributed by atoms with Crippen LogP contribution in [-0.4, -0.2) is 13.0 Å². The molecule has 0 spiro atoms. The van der Waals surface area contributed by atoms with Gasteiger partial charge in [-0.05, 0) is 110 Å². The molecule has 4 aromatic carbocycles. The number of halogens is 2. The van der Waals surface area contributed by atoms with Crippen molar-refractivity contribution in [2.45, 2.75) is 27.1 Å². The van der Waals surface area contributed by atoms with Crippen LogP contribution in [0.5, 0.6) is 17.2 Å². The molecule has 41 heavy (non-hydrogen) atoms. The molecule has 1 amide bonds. The first kappa shape index (κ1) is 29.9. The van der Waals surface area contributed by atoms with Crippen molar-refractivity contribution in [1.29, 1.82) is 5.26 Å². The van der Waals surface area contributed by atoms with Crippen molar-refractivity contribution in [3.8, 4) is 23.3 Å². The minimum atomic E-state index is -0.473. The molecule has 0 saturated carbocycles. The van der Waals surface area contributed by atoms with Gasteiger partial charge in [0.05, 0.1) is 16.1 Å². The number of ether oxygens (including phenoxy) is 3. The second-order valence-electron chi connectivity index (χ2n) is 9.23. The predicted molar refractivity (Wildman–Crippen MR) is 168 cm³/mol. The number of anilines is 1. The molecule has 0 aliphatic heterocycles. The molecule has 0 aliphatic carbocycles. The lowest BCUT2D eigenvalue weighted by Crippen LogP contribution is -2.14. The maximum absolute atomic E-state index is 12.8. The average Bonchev–Trinajstić information content (AvgIpc) is 2.97. The molecular formula is C33H28Br2N2O4. The minimum absolute atomic E-state index is 0.0138. The van der Waals surface area contributed by atoms with E-state index in [0.29, 0.717) is 44.1 Å². The fourth-order valence-electron chi connectivity index (χ4n) is 4.00. The number of methoxy groups -OCH3 is 1. The fourth-order valence-corrected chi connectivity index (χ4v) is 5.45. The Morgan fingerprint density at radius 2 is 1.59 bits per heavy atom. The summed E-state index contributed by atoms with van der Waals surface area (Å²) in [6, 6.07) is 26.9. The van der Waals surface area contributed by atoms with Crippen molar-refractivity contribution >= 4 is 49.5 Å². The summed E-state index contributed by atoms with van der Waals surface area (Å²) in [6.07, 6.45) is 1.54. The molecule has 4 aromatic rings. The van der Waals surface area contributed by atoms with Crippen LogP contribution in [0.1, 0.15) is 27.8 Å². The molecule has 0 atom stereocenters. The lowest BCUT2D eigenvalue weighted by molar-refractivity contribution is -0.112. The second kappa shape index (κ2) is 14.0. The zero-order chi connectivity index (χ0) is 29.4. The van der Waals surface area contributed by atoms with Crippen LogP contribution in [0, 0.1) is 25.2 Å². The monoisotopic (exact) mass is 674 g/mol. The Labute approximate surface area is 256 Å². The van der Waals surface area contributed by atoms with Gasteiger partial charge in [-0.15, -0.1) is 0 Å². The molecule has 0 radical (unpaired) electrons. The number of amides is 1. The third kappa shape index (κ3) is 7.78. The first-order valence-electron chi connectivity index (χ1n) is 12.7. The fraction of sp³-hybridized carbons (Fsp3) is 0.152. The van der Waals surface area contributed by atoms with Gasteiger partial charge in [-0.1, -0.05) is 48.5 Å². The summed E-state index contributed by atoms with van der Waals surface area (Å²) < 4.78 is 18.9. The van der Waals surface area contributed by atoms with E-state index in [1.807, 2.05) is 86.6 Å². The number of hydrogen-bond acceptors (Lipinski definition) is 5. The van der Waals surface area contributed by atoms with Crippen molar-refractivity contribution in [1.82, 2.24) is 0 Å². The summed E-state index contributed by atoms with van der Waals surface area (Å²) in [5.41, 5.74) is 5.29. The Morgan fingerprint density at radius 3 is 2.27 bits per heavy atom. The van der Waals surface area contributed by atoms with Crippen LogP contribution in [-0.2, 0) is 18.0 Å². The van der Waals surface area contributed by atoms with E-state index in [1.165, 1.54) is 0 Å². The van der Waals surface area contributed by atoms with Crippen LogP contribution in [0.3, 0.4) is 0 Å². The first-order chi connectivity index (χ1) is 19.8. The van der Waals surface area contributed by atoms with Crippen molar-refractivity contribution in [2.75, 3.05) is 12.4 Å². The standard InChI is InChI=1S/C33H28Br2N2O4/c1-21-8-7-11-29(22(21)2)37-33(38)26(18-36)14-25-15-27(34)32(28(35)16-25)41-20-24-12-13-30(31(17-24)39-3)40-19-23-9-5-4-6-10-23/h4-17H,19-20H2,1-3H3,(H,37,38)/b26-14-. The highest BCUT2D eigenvalue weighted by Gasteiger charge is 2.15. The van der Waals surface area contributed by atoms with Crippen LogP contribution >= 0.6 is 31.9 Å². The summed E-state index contributed by atoms with van der Waals surface area (Å²) in [6.45, 7) is 4.62. The third-order valence-corrected chi connectivity index (χ3v) is 7.58. The van der Waals surface area contributed by atoms with Gasteiger partial charge >= 0.3 is 0 Å². The molecule has 0 fully saturated rings. The Hall–Kier alpha value is -4.06. The molecule has 0 aromatic heterocycles. The summed E-state index contributed by atoms with van der Waals surface area (Å²) >= 11 is 7.12. The Morgan fingerprint density at radius 1 is 0.878 bits per heavy atom. The molecule has 1 N–H and O–H groups in total. The number of nitriles is 1. The van der Waals surface area contributed by atoms with Crippen LogP contribution in [0.2, 0.25) is 0 Å².